The summed E-state index contributed by atoms with van der Waals surface area (Å²) >= 11 is 0. The Morgan fingerprint density at radius 1 is 0.500 bits per heavy atom. The summed E-state index contributed by atoms with van der Waals surface area (Å²) in [5.74, 6) is -6.45. The maximum Gasteiger partial charge on any atom is 0.320 e. The van der Waals surface area contributed by atoms with E-state index in [2.05, 4.69) is 26.6 Å². The molecule has 0 aromatic heterocycles. The van der Waals surface area contributed by atoms with Crippen LogP contribution in [0, 0.1) is 29.6 Å². The highest BCUT2D eigenvalue weighted by Crippen LogP contribution is 2.15. The third-order valence-electron chi connectivity index (χ3n) is 8.68. The maximum atomic E-state index is 13.5. The summed E-state index contributed by atoms with van der Waals surface area (Å²) in [6, 6.07) is -5.67. The van der Waals surface area contributed by atoms with E-state index in [9.17, 15) is 48.6 Å². The molecule has 19 nitrogen and oxygen atoms in total. The monoisotopic (exact) mass is 833 g/mol. The van der Waals surface area contributed by atoms with Crippen molar-refractivity contribution in [3.05, 3.63) is 0 Å². The fraction of sp³-hybridized carbons (Fsp3) is 0.795. The van der Waals surface area contributed by atoms with E-state index >= 15 is 0 Å². The molecule has 5 amide bonds. The summed E-state index contributed by atoms with van der Waals surface area (Å²) in [5.41, 5.74) is 5.00. The Kier molecular flexibility index (Phi) is 27.0. The topological polar surface area (TPSA) is 324 Å². The molecular weight excluding hydrogens is 760 g/mol. The van der Waals surface area contributed by atoms with Crippen LogP contribution in [0.4, 0.5) is 0 Å². The van der Waals surface area contributed by atoms with Gasteiger partial charge in [0.15, 0.2) is 0 Å². The van der Waals surface area contributed by atoms with Crippen molar-refractivity contribution >= 4 is 47.4 Å². The summed E-state index contributed by atoms with van der Waals surface area (Å²) in [6.07, 6.45) is -2.99. The molecule has 336 valence electrons. The summed E-state index contributed by atoms with van der Waals surface area (Å²) in [4.78, 5) is 95.8. The first-order valence-electron chi connectivity index (χ1n) is 19.9. The van der Waals surface area contributed by atoms with E-state index in [0.717, 1.165) is 0 Å². The number of amides is 5. The first kappa shape index (κ1) is 55.7. The zero-order valence-electron chi connectivity index (χ0n) is 36.0. The minimum absolute atomic E-state index is 0.0152. The highest BCUT2D eigenvalue weighted by molar-refractivity contribution is 5.92. The van der Waals surface area contributed by atoms with Crippen LogP contribution in [-0.4, -0.2) is 121 Å². The Balaban J connectivity index is 0. The van der Waals surface area contributed by atoms with Crippen molar-refractivity contribution in [3.8, 4) is 0 Å². The molecule has 12 N–H and O–H groups in total. The molecule has 0 saturated carbocycles. The number of nitrogens with one attached hydrogen (secondary N) is 5. The van der Waals surface area contributed by atoms with Gasteiger partial charge in [-0.3, -0.25) is 38.4 Å². The highest BCUT2D eigenvalue weighted by atomic mass is 16.4. The number of aliphatic carboxylic acids is 3. The molecule has 0 spiro atoms. The van der Waals surface area contributed by atoms with Crippen molar-refractivity contribution in [3.63, 3.8) is 0 Å². The lowest BCUT2D eigenvalue weighted by atomic mass is 9.95. The van der Waals surface area contributed by atoms with Gasteiger partial charge in [0, 0.05) is 12.8 Å². The Bertz CT molecular complexity index is 1340. The van der Waals surface area contributed by atoms with Crippen LogP contribution in [-0.2, 0) is 38.4 Å². The molecule has 19 heteroatoms. The van der Waals surface area contributed by atoms with Crippen LogP contribution >= 0.6 is 0 Å². The van der Waals surface area contributed by atoms with Crippen LogP contribution in [0.15, 0.2) is 0 Å². The minimum atomic E-state index is -1.33. The number of carbonyl (C=O) groups excluding carboxylic acids is 5. The van der Waals surface area contributed by atoms with Crippen molar-refractivity contribution in [2.24, 2.45) is 35.3 Å². The van der Waals surface area contributed by atoms with Crippen molar-refractivity contribution in [1.29, 1.82) is 0 Å². The largest absolute Gasteiger partial charge is 0.481 e. The number of carbonyl (C=O) groups is 8. The molecular formula is C39H72N6O13. The number of nitrogens with two attached hydrogens (primary N) is 1. The van der Waals surface area contributed by atoms with E-state index in [1.54, 1.807) is 27.7 Å². The molecule has 0 aliphatic heterocycles. The number of carboxylic acids is 3. The van der Waals surface area contributed by atoms with Gasteiger partial charge in [0.1, 0.15) is 24.2 Å². The van der Waals surface area contributed by atoms with Crippen LogP contribution in [0.1, 0.15) is 121 Å². The third kappa shape index (κ3) is 25.1. The van der Waals surface area contributed by atoms with Crippen LogP contribution in [0.25, 0.3) is 0 Å². The van der Waals surface area contributed by atoms with E-state index < -0.39 is 103 Å². The van der Waals surface area contributed by atoms with Gasteiger partial charge < -0.3 is 57.9 Å². The molecule has 0 aliphatic rings. The van der Waals surface area contributed by atoms with Gasteiger partial charge in [-0.1, -0.05) is 69.2 Å². The smallest absolute Gasteiger partial charge is 0.320 e. The summed E-state index contributed by atoms with van der Waals surface area (Å²) in [6.45, 7) is 19.8. The van der Waals surface area contributed by atoms with Gasteiger partial charge in [-0.05, 0) is 55.8 Å². The molecule has 0 aromatic rings. The fourth-order valence-corrected chi connectivity index (χ4v) is 5.56. The Morgan fingerprint density at radius 3 is 1.31 bits per heavy atom. The molecule has 0 unspecified atom stereocenters. The van der Waals surface area contributed by atoms with Crippen molar-refractivity contribution in [2.45, 2.75) is 170 Å². The number of aliphatic hydroxyl groups is 2. The highest BCUT2D eigenvalue weighted by Gasteiger charge is 2.34. The SMILES string of the molecule is CC(C)CC(=O)N[C@H](C(=O)N[C@H](C(=O)N[C@@H](CC(C)C)[C@@H](O)CC(=O)N[C@@H](C)C(=O)N[C@@H](CC(C)C)[C@@H](O)CC(=O)O)C(C)C)C(C)C.N[C@@H](CCC(=O)O)C(=O)O. The third-order valence-corrected chi connectivity index (χ3v) is 8.68. The molecule has 8 atom stereocenters. The van der Waals surface area contributed by atoms with Crippen LogP contribution in [0.3, 0.4) is 0 Å². The predicted octanol–water partition coefficient (Wildman–Crippen LogP) is 0.730. The molecule has 0 bridgehead atoms. The van der Waals surface area contributed by atoms with Crippen molar-refractivity contribution in [2.75, 3.05) is 0 Å². The van der Waals surface area contributed by atoms with E-state index in [-0.39, 0.29) is 54.8 Å². The molecule has 0 aromatic carbocycles. The van der Waals surface area contributed by atoms with Gasteiger partial charge in [-0.15, -0.1) is 0 Å². The second-order valence-electron chi connectivity index (χ2n) is 16.7. The number of hydrogen-bond acceptors (Lipinski definition) is 11. The first-order chi connectivity index (χ1) is 26.6. The van der Waals surface area contributed by atoms with Crippen molar-refractivity contribution < 1.29 is 63.9 Å². The van der Waals surface area contributed by atoms with E-state index in [1.807, 2.05) is 41.5 Å². The Hall–Kier alpha value is -4.36. The zero-order valence-corrected chi connectivity index (χ0v) is 36.0. The standard InChI is InChI=1S/C34H63N5O9.C5H9NO4/c1-17(2)12-23(37-33(47)31(21(9)10)39-34(48)30(20(7)8)38-27(42)14-19(5)6)25(40)15-28(43)35-22(11)32(46)36-24(13-18(3)4)26(41)16-29(44)45;6-3(5(9)10)1-2-4(7)8/h17-26,30-31,40-41H,12-16H2,1-11H3,(H,35,43)(H,36,46)(H,37,47)(H,38,42)(H,39,48)(H,44,45);3H,1-2,6H2,(H,7,8)(H,9,10)/t22-,23-,24-,25-,26-,30-,31-;3-/m00/s1. The zero-order chi connectivity index (χ0) is 45.6. The van der Waals surface area contributed by atoms with Crippen molar-refractivity contribution in [1.82, 2.24) is 26.6 Å². The van der Waals surface area contributed by atoms with Gasteiger partial charge in [0.05, 0.1) is 37.1 Å². The number of hydrogen-bond donors (Lipinski definition) is 11. The van der Waals surface area contributed by atoms with E-state index in [1.165, 1.54) is 6.92 Å². The van der Waals surface area contributed by atoms with Gasteiger partial charge in [0.25, 0.3) is 0 Å². The predicted molar refractivity (Wildman–Crippen MR) is 215 cm³/mol. The average molecular weight is 833 g/mol. The quantitative estimate of drug-likeness (QED) is 0.0573. The van der Waals surface area contributed by atoms with Crippen LogP contribution < -0.4 is 32.3 Å². The van der Waals surface area contributed by atoms with Crippen LogP contribution in [0.5, 0.6) is 0 Å². The van der Waals surface area contributed by atoms with Crippen LogP contribution in [0.2, 0.25) is 0 Å². The van der Waals surface area contributed by atoms with Gasteiger partial charge in [0.2, 0.25) is 29.5 Å². The summed E-state index contributed by atoms with van der Waals surface area (Å²) in [7, 11) is 0. The van der Waals surface area contributed by atoms with Gasteiger partial charge >= 0.3 is 17.9 Å². The minimum Gasteiger partial charge on any atom is -0.481 e. The van der Waals surface area contributed by atoms with E-state index in [0.29, 0.717) is 12.8 Å². The number of rotatable bonds is 26. The molecule has 0 rings (SSSR count). The van der Waals surface area contributed by atoms with Gasteiger partial charge in [-0.25, -0.2) is 0 Å². The fourth-order valence-electron chi connectivity index (χ4n) is 5.56. The number of carboxylic acid groups (broad SMARTS) is 3. The Morgan fingerprint density at radius 2 is 0.914 bits per heavy atom. The molecule has 0 radical (unpaired) electrons. The lowest BCUT2D eigenvalue weighted by Crippen LogP contribution is -2.59. The second kappa shape index (κ2) is 28.1. The molecule has 0 aliphatic carbocycles. The molecule has 58 heavy (non-hydrogen) atoms. The molecule has 0 heterocycles. The average Bonchev–Trinajstić information content (AvgIpc) is 3.06. The summed E-state index contributed by atoms with van der Waals surface area (Å²) in [5, 5.41) is 60.1. The molecule has 0 fully saturated rings. The second-order valence-corrected chi connectivity index (χ2v) is 16.7. The normalized spacial score (nSPS) is 15.5. The lowest BCUT2D eigenvalue weighted by molar-refractivity contribution is -0.141. The number of aliphatic hydroxyl groups excluding tert-OH is 2. The molecule has 0 saturated heterocycles. The maximum absolute atomic E-state index is 13.5. The lowest BCUT2D eigenvalue weighted by Gasteiger charge is -2.31. The van der Waals surface area contributed by atoms with Gasteiger partial charge in [-0.2, -0.15) is 0 Å². The van der Waals surface area contributed by atoms with E-state index in [4.69, 9.17) is 21.1 Å². The summed E-state index contributed by atoms with van der Waals surface area (Å²) < 4.78 is 0. The first-order valence-corrected chi connectivity index (χ1v) is 19.9. The Labute approximate surface area is 342 Å².